The molecule has 0 saturated carbocycles. The molecule has 1 aromatic carbocycles. The van der Waals surface area contributed by atoms with E-state index in [0.29, 0.717) is 38.4 Å². The molecule has 2 N–H and O–H groups in total. The lowest BCUT2D eigenvalue weighted by Gasteiger charge is -2.47. The Morgan fingerprint density at radius 3 is 3.00 bits per heavy atom. The average Bonchev–Trinajstić information content (AvgIpc) is 3.14. The summed E-state index contributed by atoms with van der Waals surface area (Å²) in [5.74, 6) is 0.600. The Balaban J connectivity index is 1.47. The highest BCUT2D eigenvalue weighted by Crippen LogP contribution is 2.32. The average molecular weight is 355 g/mol. The first kappa shape index (κ1) is 17.1. The van der Waals surface area contributed by atoms with Crippen molar-refractivity contribution in [1.82, 2.24) is 14.8 Å². The summed E-state index contributed by atoms with van der Waals surface area (Å²) >= 11 is 0. The van der Waals surface area contributed by atoms with Gasteiger partial charge >= 0.3 is 0 Å². The number of nitrogens with zero attached hydrogens (tertiary/aromatic N) is 2. The van der Waals surface area contributed by atoms with Gasteiger partial charge in [0.15, 0.2) is 0 Å². The fraction of sp³-hybridized carbons (Fsp3) is 0.500. The van der Waals surface area contributed by atoms with E-state index in [9.17, 15) is 9.59 Å². The molecule has 0 spiro atoms. The van der Waals surface area contributed by atoms with Crippen LogP contribution in [0, 0.1) is 5.92 Å². The summed E-state index contributed by atoms with van der Waals surface area (Å²) in [5, 5.41) is 10.1. The van der Waals surface area contributed by atoms with Crippen molar-refractivity contribution in [3.05, 3.63) is 36.0 Å². The highest BCUT2D eigenvalue weighted by Gasteiger charge is 2.40. The summed E-state index contributed by atoms with van der Waals surface area (Å²) in [6.45, 7) is 2.10. The molecule has 26 heavy (non-hydrogen) atoms. The summed E-state index contributed by atoms with van der Waals surface area (Å²) in [4.78, 5) is 32.2. The number of nitrogens with one attached hydrogen (secondary N) is 1. The maximum Gasteiger partial charge on any atom is 0.253 e. The van der Waals surface area contributed by atoms with E-state index in [1.165, 1.54) is 0 Å². The number of hydrogen-bond acceptors (Lipinski definition) is 3. The number of piperidine rings is 2. The van der Waals surface area contributed by atoms with Crippen molar-refractivity contribution in [2.75, 3.05) is 26.2 Å². The van der Waals surface area contributed by atoms with Crippen molar-refractivity contribution in [3.63, 3.8) is 0 Å². The van der Waals surface area contributed by atoms with Crippen LogP contribution in [-0.4, -0.2) is 64.0 Å². The lowest BCUT2D eigenvalue weighted by atomic mass is 9.83. The molecule has 2 aromatic rings. The van der Waals surface area contributed by atoms with Crippen LogP contribution < -0.4 is 0 Å². The molecular weight excluding hydrogens is 330 g/mol. The molecule has 0 aliphatic carbocycles. The molecule has 2 aliphatic heterocycles. The van der Waals surface area contributed by atoms with E-state index in [1.807, 2.05) is 40.3 Å². The fourth-order valence-electron chi connectivity index (χ4n) is 4.44. The van der Waals surface area contributed by atoms with E-state index in [0.717, 1.165) is 29.3 Å². The van der Waals surface area contributed by atoms with Gasteiger partial charge in [-0.05, 0) is 49.4 Å². The van der Waals surface area contributed by atoms with Gasteiger partial charge in [-0.1, -0.05) is 0 Å². The predicted molar refractivity (Wildman–Crippen MR) is 98.7 cm³/mol. The Morgan fingerprint density at radius 2 is 2.15 bits per heavy atom. The molecule has 2 saturated heterocycles. The van der Waals surface area contributed by atoms with Crippen LogP contribution in [0.4, 0.5) is 0 Å². The Labute approximate surface area is 152 Å². The number of likely N-dealkylation sites (tertiary alicyclic amines) is 2. The van der Waals surface area contributed by atoms with E-state index < -0.39 is 0 Å². The summed E-state index contributed by atoms with van der Waals surface area (Å²) in [5.41, 5.74) is 1.75. The molecule has 2 atom stereocenters. The van der Waals surface area contributed by atoms with Crippen molar-refractivity contribution >= 4 is 22.7 Å². The third-order valence-electron chi connectivity index (χ3n) is 5.79. The number of benzene rings is 1. The van der Waals surface area contributed by atoms with Gasteiger partial charge in [-0.25, -0.2) is 0 Å². The molecule has 3 heterocycles. The van der Waals surface area contributed by atoms with E-state index in [-0.39, 0.29) is 24.5 Å². The third-order valence-corrected chi connectivity index (χ3v) is 5.79. The van der Waals surface area contributed by atoms with Gasteiger partial charge in [0, 0.05) is 61.4 Å². The lowest BCUT2D eigenvalue weighted by Crippen LogP contribution is -2.57. The summed E-state index contributed by atoms with van der Waals surface area (Å²) in [6, 6.07) is 7.96. The molecule has 0 unspecified atom stereocenters. The van der Waals surface area contributed by atoms with Crippen molar-refractivity contribution in [2.24, 2.45) is 5.92 Å². The van der Waals surface area contributed by atoms with Crippen molar-refractivity contribution in [1.29, 1.82) is 0 Å². The Kier molecular flexibility index (Phi) is 4.68. The molecule has 4 rings (SSSR count). The van der Waals surface area contributed by atoms with Gasteiger partial charge in [-0.2, -0.15) is 0 Å². The number of hydrogen-bond donors (Lipinski definition) is 2. The molecule has 2 aliphatic rings. The van der Waals surface area contributed by atoms with Crippen LogP contribution in [0.2, 0.25) is 0 Å². The monoisotopic (exact) mass is 355 g/mol. The van der Waals surface area contributed by atoms with Gasteiger partial charge in [0.1, 0.15) is 0 Å². The van der Waals surface area contributed by atoms with Crippen molar-refractivity contribution in [3.8, 4) is 0 Å². The highest BCUT2D eigenvalue weighted by atomic mass is 16.3. The van der Waals surface area contributed by atoms with Gasteiger partial charge in [0.05, 0.1) is 0 Å². The van der Waals surface area contributed by atoms with Crippen LogP contribution in [0.3, 0.4) is 0 Å². The summed E-state index contributed by atoms with van der Waals surface area (Å²) < 4.78 is 0. The lowest BCUT2D eigenvalue weighted by molar-refractivity contribution is -0.140. The van der Waals surface area contributed by atoms with E-state index in [2.05, 4.69) is 4.98 Å². The minimum atomic E-state index is 0.0744. The smallest absolute Gasteiger partial charge is 0.253 e. The van der Waals surface area contributed by atoms with Crippen LogP contribution in [0.15, 0.2) is 30.5 Å². The maximum atomic E-state index is 13.0. The van der Waals surface area contributed by atoms with Crippen LogP contribution >= 0.6 is 0 Å². The number of aliphatic hydroxyl groups excluding tert-OH is 1. The number of fused-ring (bicyclic) bond motifs is 2. The second kappa shape index (κ2) is 7.11. The number of aromatic nitrogens is 1. The Hall–Kier alpha value is -2.34. The van der Waals surface area contributed by atoms with E-state index >= 15 is 0 Å². The molecule has 2 fully saturated rings. The Morgan fingerprint density at radius 1 is 1.27 bits per heavy atom. The zero-order valence-corrected chi connectivity index (χ0v) is 14.9. The molecular formula is C20H25N3O3. The van der Waals surface area contributed by atoms with Crippen LogP contribution in [0.5, 0.6) is 0 Å². The molecule has 0 bridgehead atoms. The largest absolute Gasteiger partial charge is 0.396 e. The van der Waals surface area contributed by atoms with Gasteiger partial charge in [-0.15, -0.1) is 0 Å². The maximum absolute atomic E-state index is 13.0. The first-order valence-corrected chi connectivity index (χ1v) is 9.44. The summed E-state index contributed by atoms with van der Waals surface area (Å²) in [6.07, 6.45) is 4.71. The number of carbonyl (C=O) groups excluding carboxylic acids is 2. The second-order valence-corrected chi connectivity index (χ2v) is 7.35. The van der Waals surface area contributed by atoms with Crippen LogP contribution in [0.25, 0.3) is 10.9 Å². The minimum Gasteiger partial charge on any atom is -0.396 e. The molecule has 0 radical (unpaired) electrons. The van der Waals surface area contributed by atoms with Crippen molar-refractivity contribution < 1.29 is 14.7 Å². The number of aliphatic hydroxyl groups is 1. The molecule has 2 amide bonds. The number of H-pyrrole nitrogens is 1. The number of aromatic amines is 1. The van der Waals surface area contributed by atoms with Gasteiger partial charge in [0.2, 0.25) is 5.91 Å². The Bertz CT molecular complexity index is 815. The zero-order valence-electron chi connectivity index (χ0n) is 14.9. The second-order valence-electron chi connectivity index (χ2n) is 7.35. The SMILES string of the molecule is O=C(c1ccc2[nH]ccc2c1)N1CC[C@@H]2[C@@H](CCC(=O)N2CCCO)C1. The fourth-order valence-corrected chi connectivity index (χ4v) is 4.44. The topological polar surface area (TPSA) is 76.6 Å². The molecule has 6 heteroatoms. The standard InChI is InChI=1S/C20H25N3O3/c24-11-1-9-23-18-7-10-22(13-16(18)3-5-19(23)25)20(26)15-2-4-17-14(12-15)6-8-21-17/h2,4,6,8,12,16,18,21,24H,1,3,5,7,9-11,13H2/t16-,18+/m0/s1. The summed E-state index contributed by atoms with van der Waals surface area (Å²) in [7, 11) is 0. The molecule has 6 nitrogen and oxygen atoms in total. The van der Waals surface area contributed by atoms with E-state index in [4.69, 9.17) is 5.11 Å². The first-order valence-electron chi connectivity index (χ1n) is 9.44. The number of carbonyl (C=O) groups is 2. The van der Waals surface area contributed by atoms with Crippen molar-refractivity contribution in [2.45, 2.75) is 31.7 Å². The van der Waals surface area contributed by atoms with E-state index in [1.54, 1.807) is 0 Å². The molecule has 138 valence electrons. The minimum absolute atomic E-state index is 0.0744. The molecule has 1 aromatic heterocycles. The zero-order chi connectivity index (χ0) is 18.1. The first-order chi connectivity index (χ1) is 12.7. The van der Waals surface area contributed by atoms with Gasteiger partial charge < -0.3 is 19.9 Å². The quantitative estimate of drug-likeness (QED) is 0.881. The predicted octanol–water partition coefficient (Wildman–Crippen LogP) is 2.00. The van der Waals surface area contributed by atoms with Crippen LogP contribution in [0.1, 0.15) is 36.0 Å². The van der Waals surface area contributed by atoms with Gasteiger partial charge in [0.25, 0.3) is 5.91 Å². The number of amides is 2. The highest BCUT2D eigenvalue weighted by molar-refractivity contribution is 5.98. The van der Waals surface area contributed by atoms with Crippen LogP contribution in [-0.2, 0) is 4.79 Å². The van der Waals surface area contributed by atoms with Gasteiger partial charge in [-0.3, -0.25) is 9.59 Å². The normalized spacial score (nSPS) is 23.3. The third kappa shape index (κ3) is 3.09. The number of rotatable bonds is 4.